The highest BCUT2D eigenvalue weighted by Crippen LogP contribution is 2.39. The molecule has 0 N–H and O–H groups in total. The van der Waals surface area contributed by atoms with Crippen molar-refractivity contribution in [2.45, 2.75) is 0 Å². The summed E-state index contributed by atoms with van der Waals surface area (Å²) in [6.07, 6.45) is 0. The minimum atomic E-state index is 0.642. The summed E-state index contributed by atoms with van der Waals surface area (Å²) in [5, 5.41) is 8.58. The molecule has 2 aromatic heterocycles. The molecule has 9 aromatic rings. The first-order valence-electron chi connectivity index (χ1n) is 14.9. The maximum atomic E-state index is 5.06. The fourth-order valence-corrected chi connectivity index (χ4v) is 7.17. The molecule has 0 fully saturated rings. The van der Waals surface area contributed by atoms with Gasteiger partial charge in [0.15, 0.2) is 17.5 Å². The first kappa shape index (κ1) is 25.7. The summed E-state index contributed by atoms with van der Waals surface area (Å²) < 4.78 is 1.09. The fraction of sp³-hybridized carbons (Fsp3) is 0. The van der Waals surface area contributed by atoms with Crippen LogP contribution in [0.4, 0.5) is 0 Å². The zero-order valence-corrected chi connectivity index (χ0v) is 24.9. The van der Waals surface area contributed by atoms with Gasteiger partial charge in [-0.2, -0.15) is 0 Å². The van der Waals surface area contributed by atoms with Crippen LogP contribution in [0.5, 0.6) is 0 Å². The number of aromatic nitrogens is 4. The lowest BCUT2D eigenvalue weighted by molar-refractivity contribution is 1.07. The van der Waals surface area contributed by atoms with Crippen molar-refractivity contribution in [3.8, 4) is 44.7 Å². The molecule has 0 aliphatic heterocycles. The summed E-state index contributed by atoms with van der Waals surface area (Å²) in [6, 6.07) is 50.5. The van der Waals surface area contributed by atoms with Gasteiger partial charge in [-0.1, -0.05) is 121 Å². The molecule has 0 saturated heterocycles. The smallest absolute Gasteiger partial charge is 0.164 e. The fourth-order valence-electron chi connectivity index (χ4n) is 6.17. The van der Waals surface area contributed by atoms with E-state index in [1.54, 1.807) is 11.3 Å². The molecule has 5 heteroatoms. The van der Waals surface area contributed by atoms with Gasteiger partial charge >= 0.3 is 0 Å². The number of benzene rings is 7. The first-order chi connectivity index (χ1) is 22.3. The Morgan fingerprint density at radius 2 is 0.800 bits per heavy atom. The van der Waals surface area contributed by atoms with Crippen LogP contribution < -0.4 is 0 Å². The molecule has 0 bridgehead atoms. The second kappa shape index (κ2) is 10.4. The molecule has 0 aliphatic carbocycles. The average Bonchev–Trinajstić information content (AvgIpc) is 3.56. The number of fused-ring (bicyclic) bond motifs is 7. The summed E-state index contributed by atoms with van der Waals surface area (Å²) in [7, 11) is 0. The number of thiazole rings is 1. The van der Waals surface area contributed by atoms with Crippen LogP contribution in [-0.4, -0.2) is 19.9 Å². The molecule has 9 rings (SSSR count). The highest BCUT2D eigenvalue weighted by molar-refractivity contribution is 7.21. The van der Waals surface area contributed by atoms with Gasteiger partial charge in [0.25, 0.3) is 0 Å². The van der Waals surface area contributed by atoms with Crippen molar-refractivity contribution in [1.29, 1.82) is 0 Å². The molecule has 0 radical (unpaired) electrons. The van der Waals surface area contributed by atoms with Gasteiger partial charge in [-0.15, -0.1) is 11.3 Å². The molecule has 210 valence electrons. The summed E-state index contributed by atoms with van der Waals surface area (Å²) in [5.41, 5.74) is 4.92. The largest absolute Gasteiger partial charge is 0.236 e. The molecule has 45 heavy (non-hydrogen) atoms. The Morgan fingerprint density at radius 3 is 1.38 bits per heavy atom. The monoisotopic (exact) mass is 592 g/mol. The Morgan fingerprint density at radius 1 is 0.333 bits per heavy atom. The highest BCUT2D eigenvalue weighted by atomic mass is 32.1. The van der Waals surface area contributed by atoms with Gasteiger partial charge in [-0.3, -0.25) is 0 Å². The average molecular weight is 593 g/mol. The van der Waals surface area contributed by atoms with Crippen LogP contribution in [0.1, 0.15) is 0 Å². The van der Waals surface area contributed by atoms with E-state index < -0.39 is 0 Å². The Balaban J connectivity index is 1.17. The van der Waals surface area contributed by atoms with E-state index in [0.717, 1.165) is 37.5 Å². The van der Waals surface area contributed by atoms with Gasteiger partial charge in [-0.25, -0.2) is 19.9 Å². The van der Waals surface area contributed by atoms with Crippen molar-refractivity contribution in [3.05, 3.63) is 146 Å². The maximum Gasteiger partial charge on any atom is 0.164 e. The van der Waals surface area contributed by atoms with Crippen LogP contribution >= 0.6 is 11.3 Å². The third-order valence-electron chi connectivity index (χ3n) is 8.34. The predicted octanol–water partition coefficient (Wildman–Crippen LogP) is 10.6. The molecule has 0 saturated carbocycles. The number of nitrogens with zero attached hydrogens (tertiary/aromatic N) is 4. The minimum absolute atomic E-state index is 0.642. The topological polar surface area (TPSA) is 51.6 Å². The summed E-state index contributed by atoms with van der Waals surface area (Å²) >= 11 is 1.70. The SMILES string of the molecule is c1ccc(-c2nc(-c3ccccc3)nc(-c3ccc4nc(-c5ccc6c7ccccc7c7ccccc7c6c5)sc4c3)n2)cc1. The standard InChI is InChI=1S/C40H24N4S/c1-3-11-25(12-4-1)37-42-38(26-13-5-2-6-14-26)44-39(43-37)27-20-22-35-36(24-27)45-40(41-35)28-19-21-33-31-17-8-7-15-29(31)30-16-9-10-18-32(30)34(33)23-28/h1-24H. The molecule has 2 heterocycles. The summed E-state index contributed by atoms with van der Waals surface area (Å²) in [4.78, 5) is 19.7. The molecular formula is C40H24N4S. The van der Waals surface area contributed by atoms with Crippen molar-refractivity contribution in [1.82, 2.24) is 19.9 Å². The Kier molecular flexibility index (Phi) is 5.96. The van der Waals surface area contributed by atoms with E-state index in [9.17, 15) is 0 Å². The zero-order chi connectivity index (χ0) is 29.7. The lowest BCUT2D eigenvalue weighted by Crippen LogP contribution is -1.99. The van der Waals surface area contributed by atoms with Crippen LogP contribution in [0, 0.1) is 0 Å². The molecule has 4 nitrogen and oxygen atoms in total. The van der Waals surface area contributed by atoms with E-state index in [1.165, 1.54) is 32.3 Å². The van der Waals surface area contributed by atoms with Gasteiger partial charge in [0, 0.05) is 22.3 Å². The van der Waals surface area contributed by atoms with Crippen molar-refractivity contribution in [3.63, 3.8) is 0 Å². The normalized spacial score (nSPS) is 11.6. The molecule has 0 atom stereocenters. The Hall–Kier alpha value is -5.78. The van der Waals surface area contributed by atoms with Crippen LogP contribution in [0.25, 0.3) is 87.3 Å². The Bertz CT molecular complexity index is 2450. The summed E-state index contributed by atoms with van der Waals surface area (Å²) in [5.74, 6) is 1.95. The van der Waals surface area contributed by atoms with Gasteiger partial charge in [0.2, 0.25) is 0 Å². The zero-order valence-electron chi connectivity index (χ0n) is 24.1. The number of hydrogen-bond donors (Lipinski definition) is 0. The molecule has 0 amide bonds. The Labute approximate surface area is 263 Å². The van der Waals surface area contributed by atoms with Crippen LogP contribution in [-0.2, 0) is 0 Å². The van der Waals surface area contributed by atoms with Gasteiger partial charge in [0.05, 0.1) is 10.2 Å². The molecule has 0 spiro atoms. The molecular weight excluding hydrogens is 569 g/mol. The second-order valence-electron chi connectivity index (χ2n) is 11.1. The van der Waals surface area contributed by atoms with Crippen molar-refractivity contribution in [2.24, 2.45) is 0 Å². The lowest BCUT2D eigenvalue weighted by Gasteiger charge is -2.11. The van der Waals surface area contributed by atoms with E-state index in [4.69, 9.17) is 19.9 Å². The third-order valence-corrected chi connectivity index (χ3v) is 9.40. The first-order valence-corrected chi connectivity index (χ1v) is 15.7. The van der Waals surface area contributed by atoms with E-state index in [2.05, 4.69) is 84.9 Å². The number of hydrogen-bond acceptors (Lipinski definition) is 5. The van der Waals surface area contributed by atoms with Crippen LogP contribution in [0.2, 0.25) is 0 Å². The third kappa shape index (κ3) is 4.44. The van der Waals surface area contributed by atoms with Gasteiger partial charge in [0.1, 0.15) is 5.01 Å². The van der Waals surface area contributed by atoms with E-state index in [0.29, 0.717) is 17.5 Å². The highest BCUT2D eigenvalue weighted by Gasteiger charge is 2.15. The van der Waals surface area contributed by atoms with E-state index in [1.807, 2.05) is 60.7 Å². The quantitative estimate of drug-likeness (QED) is 0.191. The van der Waals surface area contributed by atoms with Crippen molar-refractivity contribution >= 4 is 53.9 Å². The lowest BCUT2D eigenvalue weighted by atomic mass is 9.93. The molecule has 7 aromatic carbocycles. The van der Waals surface area contributed by atoms with Crippen LogP contribution in [0.15, 0.2) is 146 Å². The molecule has 0 aliphatic rings. The second-order valence-corrected chi connectivity index (χ2v) is 12.1. The van der Waals surface area contributed by atoms with Crippen molar-refractivity contribution in [2.75, 3.05) is 0 Å². The van der Waals surface area contributed by atoms with Crippen LogP contribution in [0.3, 0.4) is 0 Å². The predicted molar refractivity (Wildman–Crippen MR) is 187 cm³/mol. The van der Waals surface area contributed by atoms with Gasteiger partial charge in [-0.05, 0) is 56.6 Å². The number of rotatable bonds is 4. The maximum absolute atomic E-state index is 5.06. The van der Waals surface area contributed by atoms with Gasteiger partial charge < -0.3 is 0 Å². The summed E-state index contributed by atoms with van der Waals surface area (Å²) in [6.45, 7) is 0. The minimum Gasteiger partial charge on any atom is -0.236 e. The molecule has 0 unspecified atom stereocenters. The van der Waals surface area contributed by atoms with E-state index in [-0.39, 0.29) is 0 Å². The van der Waals surface area contributed by atoms with E-state index >= 15 is 0 Å². The van der Waals surface area contributed by atoms with Crippen molar-refractivity contribution < 1.29 is 0 Å².